The largest absolute Gasteiger partial charge is 0.334 e. The summed E-state index contributed by atoms with van der Waals surface area (Å²) < 4.78 is 0. The summed E-state index contributed by atoms with van der Waals surface area (Å²) in [7, 11) is 0. The average molecular weight is 302 g/mol. The summed E-state index contributed by atoms with van der Waals surface area (Å²) in [5.41, 5.74) is 1.83. The van der Waals surface area contributed by atoms with Crippen LogP contribution in [-0.2, 0) is 4.79 Å². The summed E-state index contributed by atoms with van der Waals surface area (Å²) in [6.45, 7) is 2.42. The predicted octanol–water partition coefficient (Wildman–Crippen LogP) is 3.48. The zero-order valence-electron chi connectivity index (χ0n) is 11.8. The number of hydrogen-bond donors (Lipinski definition) is 0. The number of amides is 1. The highest BCUT2D eigenvalue weighted by Gasteiger charge is 2.29. The van der Waals surface area contributed by atoms with Crippen LogP contribution in [0.15, 0.2) is 36.5 Å². The fourth-order valence-electron chi connectivity index (χ4n) is 2.75. The normalized spacial score (nSPS) is 18.0. The Hall–Kier alpha value is -1.94. The van der Waals surface area contributed by atoms with Gasteiger partial charge in [0.2, 0.25) is 5.91 Å². The van der Waals surface area contributed by atoms with Crippen LogP contribution in [0.4, 0.5) is 0 Å². The van der Waals surface area contributed by atoms with Gasteiger partial charge in [0.15, 0.2) is 5.82 Å². The van der Waals surface area contributed by atoms with Crippen molar-refractivity contribution >= 4 is 17.5 Å². The Balaban J connectivity index is 1.93. The maximum Gasteiger partial charge on any atom is 0.220 e. The second-order valence-electron chi connectivity index (χ2n) is 5.18. The Labute approximate surface area is 128 Å². The lowest BCUT2D eigenvalue weighted by Crippen LogP contribution is -2.28. The average Bonchev–Trinajstić information content (AvgIpc) is 2.98. The third-order valence-corrected chi connectivity index (χ3v) is 4.03. The van der Waals surface area contributed by atoms with E-state index in [2.05, 4.69) is 9.97 Å². The van der Waals surface area contributed by atoms with Crippen molar-refractivity contribution in [3.8, 4) is 11.4 Å². The Bertz CT molecular complexity index is 657. The van der Waals surface area contributed by atoms with Gasteiger partial charge < -0.3 is 4.90 Å². The SMILES string of the molecule is CC(=O)N1CCC[C@@H]1c1ccnc(-c2ccc(Cl)cc2)n1. The zero-order valence-corrected chi connectivity index (χ0v) is 12.5. The molecule has 4 nitrogen and oxygen atoms in total. The number of halogens is 1. The first-order valence-corrected chi connectivity index (χ1v) is 7.39. The third kappa shape index (κ3) is 2.90. The van der Waals surface area contributed by atoms with Gasteiger partial charge in [-0.3, -0.25) is 4.79 Å². The number of benzene rings is 1. The molecule has 21 heavy (non-hydrogen) atoms. The smallest absolute Gasteiger partial charge is 0.220 e. The lowest BCUT2D eigenvalue weighted by atomic mass is 10.1. The van der Waals surface area contributed by atoms with Crippen molar-refractivity contribution < 1.29 is 4.79 Å². The molecule has 1 amide bonds. The number of aromatic nitrogens is 2. The lowest BCUT2D eigenvalue weighted by Gasteiger charge is -2.22. The first-order valence-electron chi connectivity index (χ1n) is 7.01. The second kappa shape index (κ2) is 5.82. The molecule has 0 spiro atoms. The van der Waals surface area contributed by atoms with E-state index in [4.69, 9.17) is 11.6 Å². The fourth-order valence-corrected chi connectivity index (χ4v) is 2.87. The van der Waals surface area contributed by atoms with Crippen LogP contribution in [0.25, 0.3) is 11.4 Å². The molecule has 0 N–H and O–H groups in total. The summed E-state index contributed by atoms with van der Waals surface area (Å²) in [6.07, 6.45) is 3.73. The van der Waals surface area contributed by atoms with Crippen LogP contribution in [0.5, 0.6) is 0 Å². The maximum absolute atomic E-state index is 11.7. The van der Waals surface area contributed by atoms with Gasteiger partial charge in [0.05, 0.1) is 11.7 Å². The van der Waals surface area contributed by atoms with E-state index in [9.17, 15) is 4.79 Å². The number of nitrogens with zero attached hydrogens (tertiary/aromatic N) is 3. The molecular weight excluding hydrogens is 286 g/mol. The van der Waals surface area contributed by atoms with Gasteiger partial charge in [-0.1, -0.05) is 11.6 Å². The highest BCUT2D eigenvalue weighted by Crippen LogP contribution is 2.31. The first-order chi connectivity index (χ1) is 10.1. The quantitative estimate of drug-likeness (QED) is 0.853. The Morgan fingerprint density at radius 3 is 2.76 bits per heavy atom. The molecule has 1 saturated heterocycles. The van der Waals surface area contributed by atoms with Crippen molar-refractivity contribution in [2.45, 2.75) is 25.8 Å². The summed E-state index contributed by atoms with van der Waals surface area (Å²) in [5.74, 6) is 0.767. The summed E-state index contributed by atoms with van der Waals surface area (Å²) in [5, 5.41) is 0.688. The maximum atomic E-state index is 11.7. The van der Waals surface area contributed by atoms with Crippen LogP contribution >= 0.6 is 11.6 Å². The molecule has 0 saturated carbocycles. The van der Waals surface area contributed by atoms with E-state index < -0.39 is 0 Å². The van der Waals surface area contributed by atoms with E-state index in [1.807, 2.05) is 35.2 Å². The third-order valence-electron chi connectivity index (χ3n) is 3.78. The Morgan fingerprint density at radius 2 is 2.05 bits per heavy atom. The van der Waals surface area contributed by atoms with Gasteiger partial charge >= 0.3 is 0 Å². The highest BCUT2D eigenvalue weighted by molar-refractivity contribution is 6.30. The molecule has 1 atom stereocenters. The number of carbonyl (C=O) groups is 1. The van der Waals surface area contributed by atoms with Crippen LogP contribution in [0.2, 0.25) is 5.02 Å². The van der Waals surface area contributed by atoms with Crippen molar-refractivity contribution in [1.29, 1.82) is 0 Å². The summed E-state index contributed by atoms with van der Waals surface area (Å²) in [4.78, 5) is 22.5. The fraction of sp³-hybridized carbons (Fsp3) is 0.312. The standard InChI is InChI=1S/C16H16ClN3O/c1-11(21)20-10-2-3-15(20)14-8-9-18-16(19-14)12-4-6-13(17)7-5-12/h4-9,15H,2-3,10H2,1H3/t15-/m1/s1. The molecule has 5 heteroatoms. The molecule has 0 unspecified atom stereocenters. The number of likely N-dealkylation sites (tertiary alicyclic amines) is 1. The zero-order chi connectivity index (χ0) is 14.8. The van der Waals surface area contributed by atoms with Crippen molar-refractivity contribution in [1.82, 2.24) is 14.9 Å². The second-order valence-corrected chi connectivity index (χ2v) is 5.62. The van der Waals surface area contributed by atoms with E-state index in [1.54, 1.807) is 13.1 Å². The summed E-state index contributed by atoms with van der Waals surface area (Å²) in [6, 6.07) is 9.41. The Morgan fingerprint density at radius 1 is 1.29 bits per heavy atom. The van der Waals surface area contributed by atoms with E-state index >= 15 is 0 Å². The van der Waals surface area contributed by atoms with Gasteiger partial charge in [-0.25, -0.2) is 9.97 Å². The molecule has 0 bridgehead atoms. The van der Waals surface area contributed by atoms with Gasteiger partial charge in [-0.15, -0.1) is 0 Å². The van der Waals surface area contributed by atoms with Crippen LogP contribution in [0.1, 0.15) is 31.5 Å². The van der Waals surface area contributed by atoms with Crippen LogP contribution in [0, 0.1) is 0 Å². The van der Waals surface area contributed by atoms with Gasteiger partial charge in [0, 0.05) is 30.3 Å². The van der Waals surface area contributed by atoms with Crippen molar-refractivity contribution in [2.75, 3.05) is 6.54 Å². The van der Waals surface area contributed by atoms with Gasteiger partial charge in [-0.05, 0) is 43.2 Å². The van der Waals surface area contributed by atoms with Crippen molar-refractivity contribution in [3.63, 3.8) is 0 Å². The molecule has 1 fully saturated rings. The molecular formula is C16H16ClN3O. The topological polar surface area (TPSA) is 46.1 Å². The lowest BCUT2D eigenvalue weighted by molar-refractivity contribution is -0.129. The molecule has 1 aliphatic rings. The Kier molecular flexibility index (Phi) is 3.88. The monoisotopic (exact) mass is 301 g/mol. The van der Waals surface area contributed by atoms with Crippen LogP contribution in [0.3, 0.4) is 0 Å². The minimum Gasteiger partial charge on any atom is -0.334 e. The molecule has 1 aromatic carbocycles. The minimum absolute atomic E-state index is 0.0663. The molecule has 2 heterocycles. The van der Waals surface area contributed by atoms with Gasteiger partial charge in [-0.2, -0.15) is 0 Å². The van der Waals surface area contributed by atoms with Gasteiger partial charge in [0.25, 0.3) is 0 Å². The molecule has 108 valence electrons. The van der Waals surface area contributed by atoms with Crippen LogP contribution in [-0.4, -0.2) is 27.3 Å². The minimum atomic E-state index is 0.0663. The van der Waals surface area contributed by atoms with Crippen molar-refractivity contribution in [3.05, 3.63) is 47.2 Å². The molecule has 0 aliphatic carbocycles. The number of hydrogen-bond acceptors (Lipinski definition) is 3. The molecule has 1 aliphatic heterocycles. The van der Waals surface area contributed by atoms with E-state index in [0.29, 0.717) is 10.8 Å². The van der Waals surface area contributed by atoms with E-state index in [0.717, 1.165) is 30.6 Å². The summed E-state index contributed by atoms with van der Waals surface area (Å²) >= 11 is 5.90. The van der Waals surface area contributed by atoms with Gasteiger partial charge in [0.1, 0.15) is 0 Å². The molecule has 3 rings (SSSR count). The van der Waals surface area contributed by atoms with Crippen LogP contribution < -0.4 is 0 Å². The predicted molar refractivity (Wildman–Crippen MR) is 81.8 cm³/mol. The molecule has 0 radical (unpaired) electrons. The van der Waals surface area contributed by atoms with E-state index in [1.165, 1.54) is 0 Å². The van der Waals surface area contributed by atoms with Crippen molar-refractivity contribution in [2.24, 2.45) is 0 Å². The van der Waals surface area contributed by atoms with E-state index in [-0.39, 0.29) is 11.9 Å². The molecule has 2 aromatic rings. The molecule has 1 aromatic heterocycles. The number of rotatable bonds is 2. The number of carbonyl (C=O) groups excluding carboxylic acids is 1. The highest BCUT2D eigenvalue weighted by atomic mass is 35.5. The first kappa shape index (κ1) is 14.0.